The number of nitrogens with zero attached hydrogens (tertiary/aromatic N) is 3. The summed E-state index contributed by atoms with van der Waals surface area (Å²) in [6.45, 7) is 1.81. The van der Waals surface area contributed by atoms with Gasteiger partial charge in [-0.2, -0.15) is 0 Å². The highest BCUT2D eigenvalue weighted by Gasteiger charge is 2.27. The van der Waals surface area contributed by atoms with Gasteiger partial charge in [-0.15, -0.1) is 0 Å². The Kier molecular flexibility index (Phi) is 3.37. The SMILES string of the molecule is Cc1ncnc2c1CCC(=O)N2Cc1cc(F)ccc1F. The zero-order chi connectivity index (χ0) is 15.0. The highest BCUT2D eigenvalue weighted by molar-refractivity contribution is 5.95. The van der Waals surface area contributed by atoms with Crippen molar-refractivity contribution in [2.24, 2.45) is 0 Å². The number of fused-ring (bicyclic) bond motifs is 1. The first-order valence-electron chi connectivity index (χ1n) is 6.61. The monoisotopic (exact) mass is 289 g/mol. The molecule has 0 radical (unpaired) electrons. The van der Waals surface area contributed by atoms with Gasteiger partial charge in [0.2, 0.25) is 5.91 Å². The van der Waals surface area contributed by atoms with Gasteiger partial charge < -0.3 is 0 Å². The molecule has 0 saturated heterocycles. The van der Waals surface area contributed by atoms with E-state index < -0.39 is 11.6 Å². The number of aryl methyl sites for hydroxylation is 1. The van der Waals surface area contributed by atoms with Gasteiger partial charge in [0, 0.05) is 23.2 Å². The van der Waals surface area contributed by atoms with Gasteiger partial charge in [0.15, 0.2) is 0 Å². The Labute approximate surface area is 120 Å². The number of carbonyl (C=O) groups excluding carboxylic acids is 1. The van der Waals surface area contributed by atoms with Gasteiger partial charge in [-0.3, -0.25) is 9.69 Å². The summed E-state index contributed by atoms with van der Waals surface area (Å²) in [6.07, 6.45) is 2.27. The van der Waals surface area contributed by atoms with Crippen LogP contribution in [0.15, 0.2) is 24.5 Å². The van der Waals surface area contributed by atoms with Crippen LogP contribution in [-0.4, -0.2) is 15.9 Å². The van der Waals surface area contributed by atoms with Gasteiger partial charge in [-0.25, -0.2) is 18.7 Å². The molecule has 1 aromatic carbocycles. The lowest BCUT2D eigenvalue weighted by molar-refractivity contribution is -0.119. The summed E-state index contributed by atoms with van der Waals surface area (Å²) in [7, 11) is 0. The summed E-state index contributed by atoms with van der Waals surface area (Å²) in [4.78, 5) is 21.8. The van der Waals surface area contributed by atoms with E-state index in [1.807, 2.05) is 6.92 Å². The van der Waals surface area contributed by atoms with Crippen molar-refractivity contribution < 1.29 is 13.6 Å². The highest BCUT2D eigenvalue weighted by atomic mass is 19.1. The lowest BCUT2D eigenvalue weighted by Gasteiger charge is -2.28. The van der Waals surface area contributed by atoms with E-state index in [0.29, 0.717) is 18.7 Å². The minimum absolute atomic E-state index is 0.0358. The van der Waals surface area contributed by atoms with Crippen molar-refractivity contribution in [2.75, 3.05) is 4.90 Å². The molecule has 21 heavy (non-hydrogen) atoms. The molecule has 0 bridgehead atoms. The number of benzene rings is 1. The van der Waals surface area contributed by atoms with Crippen LogP contribution < -0.4 is 4.90 Å². The van der Waals surface area contributed by atoms with Crippen LogP contribution >= 0.6 is 0 Å². The van der Waals surface area contributed by atoms with Crippen LogP contribution in [-0.2, 0) is 17.8 Å². The number of rotatable bonds is 2. The van der Waals surface area contributed by atoms with Gasteiger partial charge >= 0.3 is 0 Å². The number of anilines is 1. The van der Waals surface area contributed by atoms with Crippen molar-refractivity contribution in [1.29, 1.82) is 0 Å². The van der Waals surface area contributed by atoms with Crippen molar-refractivity contribution in [3.63, 3.8) is 0 Å². The molecule has 0 unspecified atom stereocenters. The van der Waals surface area contributed by atoms with Crippen LogP contribution in [0, 0.1) is 18.6 Å². The van der Waals surface area contributed by atoms with E-state index in [2.05, 4.69) is 9.97 Å². The second kappa shape index (κ2) is 5.20. The fraction of sp³-hybridized carbons (Fsp3) is 0.267. The third kappa shape index (κ3) is 2.49. The molecule has 0 fully saturated rings. The van der Waals surface area contributed by atoms with E-state index in [1.54, 1.807) is 0 Å². The molecular weight excluding hydrogens is 276 g/mol. The predicted octanol–water partition coefficient (Wildman–Crippen LogP) is 2.54. The van der Waals surface area contributed by atoms with Gasteiger partial charge in [-0.1, -0.05) is 0 Å². The average molecular weight is 289 g/mol. The second-order valence-corrected chi connectivity index (χ2v) is 4.98. The maximum atomic E-state index is 13.8. The maximum Gasteiger partial charge on any atom is 0.228 e. The Hall–Kier alpha value is -2.37. The van der Waals surface area contributed by atoms with Crippen LogP contribution in [0.25, 0.3) is 0 Å². The quantitative estimate of drug-likeness (QED) is 0.853. The zero-order valence-electron chi connectivity index (χ0n) is 11.4. The van der Waals surface area contributed by atoms with Gasteiger partial charge in [0.1, 0.15) is 23.8 Å². The smallest absolute Gasteiger partial charge is 0.228 e. The van der Waals surface area contributed by atoms with E-state index in [1.165, 1.54) is 11.2 Å². The fourth-order valence-electron chi connectivity index (χ4n) is 2.50. The van der Waals surface area contributed by atoms with E-state index in [-0.39, 0.29) is 18.0 Å². The molecule has 1 amide bonds. The molecule has 6 heteroatoms. The lowest BCUT2D eigenvalue weighted by Crippen LogP contribution is -2.36. The Morgan fingerprint density at radius 1 is 1.24 bits per heavy atom. The van der Waals surface area contributed by atoms with Gasteiger partial charge in [-0.05, 0) is 31.5 Å². The number of hydrogen-bond acceptors (Lipinski definition) is 3. The molecule has 4 nitrogen and oxygen atoms in total. The molecule has 3 rings (SSSR count). The van der Waals surface area contributed by atoms with Crippen molar-refractivity contribution in [1.82, 2.24) is 9.97 Å². The van der Waals surface area contributed by atoms with E-state index >= 15 is 0 Å². The van der Waals surface area contributed by atoms with Crippen LogP contribution in [0.1, 0.15) is 23.2 Å². The van der Waals surface area contributed by atoms with E-state index in [0.717, 1.165) is 29.5 Å². The van der Waals surface area contributed by atoms with Crippen molar-refractivity contribution in [3.8, 4) is 0 Å². The molecule has 0 spiro atoms. The molecule has 2 aromatic rings. The standard InChI is InChI=1S/C15H13F2N3O/c1-9-12-3-5-14(21)20(15(12)19-8-18-9)7-10-6-11(16)2-4-13(10)17/h2,4,6,8H,3,5,7H2,1H3. The van der Waals surface area contributed by atoms with Gasteiger partial charge in [0.05, 0.1) is 6.54 Å². The number of hydrogen-bond donors (Lipinski definition) is 0. The number of amides is 1. The van der Waals surface area contributed by atoms with Crippen molar-refractivity contribution >= 4 is 11.7 Å². The first-order chi connectivity index (χ1) is 10.1. The average Bonchev–Trinajstić information content (AvgIpc) is 2.46. The second-order valence-electron chi connectivity index (χ2n) is 4.98. The summed E-state index contributed by atoms with van der Waals surface area (Å²) in [5.74, 6) is -0.733. The highest BCUT2D eigenvalue weighted by Crippen LogP contribution is 2.28. The summed E-state index contributed by atoms with van der Waals surface area (Å²) < 4.78 is 27.0. The van der Waals surface area contributed by atoms with Crippen molar-refractivity contribution in [2.45, 2.75) is 26.3 Å². The van der Waals surface area contributed by atoms with Crippen molar-refractivity contribution in [3.05, 3.63) is 53.0 Å². The molecule has 108 valence electrons. The molecule has 1 aliphatic rings. The Balaban J connectivity index is 2.01. The van der Waals surface area contributed by atoms with Crippen LogP contribution in [0.4, 0.5) is 14.6 Å². The van der Waals surface area contributed by atoms with E-state index in [4.69, 9.17) is 0 Å². The van der Waals surface area contributed by atoms with Gasteiger partial charge in [0.25, 0.3) is 0 Å². The Bertz CT molecular complexity index is 718. The number of aromatic nitrogens is 2. The third-order valence-corrected chi connectivity index (χ3v) is 3.62. The predicted molar refractivity (Wildman–Crippen MR) is 72.6 cm³/mol. The first-order valence-corrected chi connectivity index (χ1v) is 6.61. The number of halogens is 2. The van der Waals surface area contributed by atoms with E-state index in [9.17, 15) is 13.6 Å². The molecule has 0 N–H and O–H groups in total. The summed E-state index contributed by atoms with van der Waals surface area (Å²) in [6, 6.07) is 3.22. The molecule has 0 aliphatic carbocycles. The topological polar surface area (TPSA) is 46.1 Å². The Morgan fingerprint density at radius 2 is 2.05 bits per heavy atom. The summed E-state index contributed by atoms with van der Waals surface area (Å²) >= 11 is 0. The van der Waals surface area contributed by atoms with Crippen LogP contribution in [0.5, 0.6) is 0 Å². The molecule has 0 saturated carbocycles. The largest absolute Gasteiger partial charge is 0.292 e. The molecule has 0 atom stereocenters. The summed E-state index contributed by atoms with van der Waals surface area (Å²) in [5, 5.41) is 0. The maximum absolute atomic E-state index is 13.8. The molecule has 1 aliphatic heterocycles. The summed E-state index contributed by atoms with van der Waals surface area (Å²) in [5.41, 5.74) is 1.82. The van der Waals surface area contributed by atoms with Crippen LogP contribution in [0.2, 0.25) is 0 Å². The Morgan fingerprint density at radius 3 is 2.86 bits per heavy atom. The molecular formula is C15H13F2N3O. The lowest BCUT2D eigenvalue weighted by atomic mass is 10.0. The fourth-order valence-corrected chi connectivity index (χ4v) is 2.50. The third-order valence-electron chi connectivity index (χ3n) is 3.62. The molecule has 1 aromatic heterocycles. The minimum Gasteiger partial charge on any atom is -0.292 e. The normalized spacial score (nSPS) is 14.2. The zero-order valence-corrected chi connectivity index (χ0v) is 11.4. The minimum atomic E-state index is -0.540. The number of carbonyl (C=O) groups is 1. The molecule has 2 heterocycles. The van der Waals surface area contributed by atoms with Crippen LogP contribution in [0.3, 0.4) is 0 Å². The first kappa shape index (κ1) is 13.6.